The Morgan fingerprint density at radius 3 is 2.00 bits per heavy atom. The van der Waals surface area contributed by atoms with Crippen LogP contribution in [0.2, 0.25) is 0 Å². The molecule has 0 spiro atoms. The smallest absolute Gasteiger partial charge is 0.256 e. The summed E-state index contributed by atoms with van der Waals surface area (Å²) in [7, 11) is 0. The summed E-state index contributed by atoms with van der Waals surface area (Å²) in [4.78, 5) is 14.9. The minimum absolute atomic E-state index is 0.0173. The molecule has 130 valence electrons. The number of carbonyl (C=O) groups excluding carboxylic acids is 1. The van der Waals surface area contributed by atoms with Gasteiger partial charge in [-0.05, 0) is 29.8 Å². The van der Waals surface area contributed by atoms with Crippen molar-refractivity contribution >= 4 is 5.91 Å². The summed E-state index contributed by atoms with van der Waals surface area (Å²) in [6, 6.07) is 29.4. The molecule has 4 rings (SSSR count). The second-order valence-electron chi connectivity index (χ2n) is 6.60. The van der Waals surface area contributed by atoms with E-state index < -0.39 is 5.72 Å². The second kappa shape index (κ2) is 7.04. The van der Waals surface area contributed by atoms with Gasteiger partial charge in [-0.1, -0.05) is 66.7 Å². The molecule has 0 radical (unpaired) electrons. The first-order valence-corrected chi connectivity index (χ1v) is 8.92. The lowest BCUT2D eigenvalue weighted by Gasteiger charge is -2.52. The molecule has 3 heteroatoms. The maximum Gasteiger partial charge on any atom is 0.256 e. The molecule has 1 aliphatic heterocycles. The number of rotatable bonds is 5. The van der Waals surface area contributed by atoms with Crippen molar-refractivity contribution in [3.8, 4) is 5.75 Å². The van der Waals surface area contributed by atoms with Gasteiger partial charge in [0, 0.05) is 24.9 Å². The van der Waals surface area contributed by atoms with Crippen LogP contribution in [0.25, 0.3) is 0 Å². The van der Waals surface area contributed by atoms with Gasteiger partial charge in [0.05, 0.1) is 0 Å². The maximum atomic E-state index is 13.1. The van der Waals surface area contributed by atoms with Crippen LogP contribution >= 0.6 is 0 Å². The fraction of sp³-hybridized carbons (Fsp3) is 0.174. The fourth-order valence-electron chi connectivity index (χ4n) is 3.44. The Hall–Kier alpha value is -3.07. The van der Waals surface area contributed by atoms with E-state index in [0.29, 0.717) is 18.5 Å². The minimum Gasteiger partial charge on any atom is -0.467 e. The highest BCUT2D eigenvalue weighted by Crippen LogP contribution is 2.37. The first-order chi connectivity index (χ1) is 12.8. The van der Waals surface area contributed by atoms with Gasteiger partial charge in [-0.15, -0.1) is 0 Å². The molecule has 3 nitrogen and oxygen atoms in total. The van der Waals surface area contributed by atoms with Crippen LogP contribution in [-0.2, 0) is 6.42 Å². The van der Waals surface area contributed by atoms with Gasteiger partial charge in [0.15, 0.2) is 5.72 Å². The number of hydrogen-bond acceptors (Lipinski definition) is 2. The van der Waals surface area contributed by atoms with E-state index in [1.54, 1.807) is 0 Å². The zero-order valence-corrected chi connectivity index (χ0v) is 14.5. The van der Waals surface area contributed by atoms with Crippen LogP contribution < -0.4 is 4.74 Å². The molecular weight excluding hydrogens is 322 g/mol. The number of benzene rings is 3. The van der Waals surface area contributed by atoms with E-state index in [9.17, 15) is 4.79 Å². The van der Waals surface area contributed by atoms with E-state index in [1.165, 1.54) is 0 Å². The van der Waals surface area contributed by atoms with Gasteiger partial charge in [-0.3, -0.25) is 9.69 Å². The van der Waals surface area contributed by atoms with Crippen molar-refractivity contribution in [3.63, 3.8) is 0 Å². The molecule has 0 aromatic heterocycles. The maximum absolute atomic E-state index is 13.1. The van der Waals surface area contributed by atoms with Gasteiger partial charge in [-0.2, -0.15) is 0 Å². The van der Waals surface area contributed by atoms with Gasteiger partial charge >= 0.3 is 0 Å². The lowest BCUT2D eigenvalue weighted by atomic mass is 9.89. The third-order valence-corrected chi connectivity index (χ3v) is 4.86. The predicted octanol–water partition coefficient (Wildman–Crippen LogP) is 4.55. The molecule has 1 saturated heterocycles. The third kappa shape index (κ3) is 3.21. The Morgan fingerprint density at radius 2 is 1.42 bits per heavy atom. The number of carbonyl (C=O) groups is 1. The molecule has 1 fully saturated rings. The molecule has 1 atom stereocenters. The summed E-state index contributed by atoms with van der Waals surface area (Å²) in [6.45, 7) is 0.702. The first-order valence-electron chi connectivity index (χ1n) is 8.92. The van der Waals surface area contributed by atoms with E-state index in [2.05, 4.69) is 12.1 Å². The molecule has 0 aliphatic carbocycles. The predicted molar refractivity (Wildman–Crippen MR) is 102 cm³/mol. The Kier molecular flexibility index (Phi) is 4.44. The largest absolute Gasteiger partial charge is 0.467 e. The number of likely N-dealkylation sites (tertiary alicyclic amines) is 1. The summed E-state index contributed by atoms with van der Waals surface area (Å²) in [5.41, 5.74) is 1.21. The van der Waals surface area contributed by atoms with Crippen molar-refractivity contribution < 1.29 is 9.53 Å². The molecule has 26 heavy (non-hydrogen) atoms. The molecule has 3 aromatic rings. The first kappa shape index (κ1) is 16.4. The van der Waals surface area contributed by atoms with Crippen molar-refractivity contribution in [2.24, 2.45) is 0 Å². The van der Waals surface area contributed by atoms with Crippen LogP contribution in [0.3, 0.4) is 0 Å². The van der Waals surface area contributed by atoms with Crippen LogP contribution in [-0.4, -0.2) is 23.1 Å². The monoisotopic (exact) mass is 343 g/mol. The van der Waals surface area contributed by atoms with Crippen LogP contribution in [0.15, 0.2) is 91.0 Å². The molecule has 0 saturated carbocycles. The van der Waals surface area contributed by atoms with Gasteiger partial charge in [0.25, 0.3) is 5.91 Å². The topological polar surface area (TPSA) is 29.5 Å². The van der Waals surface area contributed by atoms with Gasteiger partial charge in [-0.25, -0.2) is 0 Å². The summed E-state index contributed by atoms with van der Waals surface area (Å²) < 4.78 is 6.40. The third-order valence-electron chi connectivity index (χ3n) is 4.86. The van der Waals surface area contributed by atoms with E-state index in [0.717, 1.165) is 17.7 Å². The van der Waals surface area contributed by atoms with Crippen molar-refractivity contribution in [1.82, 2.24) is 4.90 Å². The Labute approximate surface area is 153 Å². The summed E-state index contributed by atoms with van der Waals surface area (Å²) >= 11 is 0. The fourth-order valence-corrected chi connectivity index (χ4v) is 3.44. The SMILES string of the molecule is O=C(c1ccccc1)N1CCC1(Cc1ccccc1)Oc1ccccc1. The zero-order valence-electron chi connectivity index (χ0n) is 14.5. The highest BCUT2D eigenvalue weighted by Gasteiger charge is 2.50. The molecule has 1 heterocycles. The number of ether oxygens (including phenoxy) is 1. The average molecular weight is 343 g/mol. The molecule has 1 amide bonds. The van der Waals surface area contributed by atoms with E-state index in [4.69, 9.17) is 4.74 Å². The standard InChI is InChI=1S/C23H21NO2/c25-22(20-12-6-2-7-13-20)24-17-16-23(24,18-19-10-4-1-5-11-19)26-21-14-8-3-9-15-21/h1-15H,16-18H2. The number of amides is 1. The van der Waals surface area contributed by atoms with Gasteiger partial charge < -0.3 is 4.74 Å². The number of nitrogens with zero attached hydrogens (tertiary/aromatic N) is 1. The van der Waals surface area contributed by atoms with Crippen molar-refractivity contribution in [3.05, 3.63) is 102 Å². The molecule has 3 aromatic carbocycles. The quantitative estimate of drug-likeness (QED) is 0.680. The van der Waals surface area contributed by atoms with Crippen molar-refractivity contribution in [2.75, 3.05) is 6.54 Å². The molecule has 1 unspecified atom stereocenters. The van der Waals surface area contributed by atoms with Crippen molar-refractivity contribution in [2.45, 2.75) is 18.6 Å². The number of hydrogen-bond donors (Lipinski definition) is 0. The van der Waals surface area contributed by atoms with E-state index in [-0.39, 0.29) is 5.91 Å². The Morgan fingerprint density at radius 1 is 0.846 bits per heavy atom. The molecular formula is C23H21NO2. The molecule has 0 N–H and O–H groups in total. The van der Waals surface area contributed by atoms with Crippen LogP contribution in [0.1, 0.15) is 22.3 Å². The Balaban J connectivity index is 1.65. The van der Waals surface area contributed by atoms with Gasteiger partial charge in [0.1, 0.15) is 5.75 Å². The van der Waals surface area contributed by atoms with Gasteiger partial charge in [0.2, 0.25) is 0 Å². The lowest BCUT2D eigenvalue weighted by molar-refractivity contribution is -0.133. The highest BCUT2D eigenvalue weighted by molar-refractivity contribution is 5.95. The average Bonchev–Trinajstić information content (AvgIpc) is 2.69. The normalized spacial score (nSPS) is 18.8. The zero-order chi connectivity index (χ0) is 17.8. The lowest BCUT2D eigenvalue weighted by Crippen LogP contribution is -2.66. The minimum atomic E-state index is -0.643. The van der Waals surface area contributed by atoms with E-state index >= 15 is 0 Å². The number of para-hydroxylation sites is 1. The second-order valence-corrected chi connectivity index (χ2v) is 6.60. The summed E-state index contributed by atoms with van der Waals surface area (Å²) in [5.74, 6) is 0.803. The summed E-state index contributed by atoms with van der Waals surface area (Å²) in [6.07, 6.45) is 1.48. The van der Waals surface area contributed by atoms with E-state index in [1.807, 2.05) is 83.8 Å². The van der Waals surface area contributed by atoms with Crippen LogP contribution in [0.5, 0.6) is 5.75 Å². The summed E-state index contributed by atoms with van der Waals surface area (Å²) in [5, 5.41) is 0. The van der Waals surface area contributed by atoms with Crippen LogP contribution in [0, 0.1) is 0 Å². The van der Waals surface area contributed by atoms with Crippen LogP contribution in [0.4, 0.5) is 0 Å². The molecule has 0 bridgehead atoms. The highest BCUT2D eigenvalue weighted by atomic mass is 16.5. The molecule has 1 aliphatic rings. The van der Waals surface area contributed by atoms with Crippen molar-refractivity contribution in [1.29, 1.82) is 0 Å². The Bertz CT molecular complexity index is 821.